The normalized spacial score (nSPS) is 16.0. The number of hydrogen-bond acceptors (Lipinski definition) is 6. The summed E-state index contributed by atoms with van der Waals surface area (Å²) in [6, 6.07) is 0. The Hall–Kier alpha value is -0.149. The van der Waals surface area contributed by atoms with Crippen LogP contribution < -0.4 is 0 Å². The van der Waals surface area contributed by atoms with E-state index in [0.29, 0.717) is 0 Å². The van der Waals surface area contributed by atoms with Gasteiger partial charge >= 0.3 is 107 Å². The molecule has 0 bridgehead atoms. The Morgan fingerprint density at radius 3 is 0.561 bits per heavy atom. The summed E-state index contributed by atoms with van der Waals surface area (Å²) >= 11 is 0. The molecule has 0 aliphatic heterocycles. The fourth-order valence-corrected chi connectivity index (χ4v) is 2.31. The third-order valence-corrected chi connectivity index (χ3v) is 5.42. The van der Waals surface area contributed by atoms with E-state index in [1.807, 2.05) is 0 Å². The molecular formula is C10BaF22O6S2. The summed E-state index contributed by atoms with van der Waals surface area (Å²) in [5.41, 5.74) is 0. The van der Waals surface area contributed by atoms with Gasteiger partial charge in [-0.15, -0.1) is 0 Å². The molecule has 6 nitrogen and oxygen atoms in total. The quantitative estimate of drug-likeness (QED) is 0.197. The van der Waals surface area contributed by atoms with Crippen molar-refractivity contribution in [3.63, 3.8) is 0 Å². The molecule has 0 aromatic carbocycles. The van der Waals surface area contributed by atoms with Gasteiger partial charge in [-0.05, 0) is 0 Å². The van der Waals surface area contributed by atoms with Crippen LogP contribution in [-0.2, 0) is 20.2 Å². The topological polar surface area (TPSA) is 114 Å². The van der Waals surface area contributed by atoms with Crippen molar-refractivity contribution in [3.05, 3.63) is 0 Å². The molecule has 0 saturated carbocycles. The Bertz CT molecular complexity index is 1050. The second-order valence-corrected chi connectivity index (χ2v) is 9.23. The van der Waals surface area contributed by atoms with Gasteiger partial charge in [-0.2, -0.15) is 96.6 Å². The molecule has 0 aromatic rings. The first-order valence-electron chi connectivity index (χ1n) is 7.57. The fourth-order valence-electron chi connectivity index (χ4n) is 1.43. The Morgan fingerprint density at radius 1 is 0.317 bits per heavy atom. The molecule has 0 fully saturated rings. The molecule has 41 heavy (non-hydrogen) atoms. The van der Waals surface area contributed by atoms with Crippen molar-refractivity contribution in [2.75, 3.05) is 0 Å². The Morgan fingerprint density at radius 2 is 0.463 bits per heavy atom. The van der Waals surface area contributed by atoms with Crippen LogP contribution in [0, 0.1) is 0 Å². The van der Waals surface area contributed by atoms with E-state index in [1.54, 1.807) is 0 Å². The standard InChI is InChI=1S/2C5HF11O3S.Ba/c2*6-1(7,2(8,9)4(12,13)14)3(10,11)5(15,16)20(17,18)19;/h2*(H,17,18,19);/q;;+2/p-2. The zero-order valence-corrected chi connectivity index (χ0v) is 23.4. The fraction of sp³-hybridized carbons (Fsp3) is 1.00. The summed E-state index contributed by atoms with van der Waals surface area (Å²) in [5.74, 6) is -46.9. The molecule has 0 radical (unpaired) electrons. The van der Waals surface area contributed by atoms with Crippen LogP contribution in [0.5, 0.6) is 0 Å². The molecule has 0 unspecified atom stereocenters. The molecule has 244 valence electrons. The predicted molar refractivity (Wildman–Crippen MR) is 76.8 cm³/mol. The Labute approximate surface area is 249 Å². The van der Waals surface area contributed by atoms with E-state index in [2.05, 4.69) is 0 Å². The molecule has 0 heterocycles. The average Bonchev–Trinajstić information content (AvgIpc) is 2.63. The molecule has 0 aliphatic carbocycles. The Kier molecular flexibility index (Phi) is 12.9. The maximum Gasteiger partial charge on any atom is 2.00 e. The number of halogens is 22. The van der Waals surface area contributed by atoms with Crippen LogP contribution in [-0.4, -0.2) is 133 Å². The van der Waals surface area contributed by atoms with Gasteiger partial charge in [0.1, 0.15) is 0 Å². The molecule has 0 amide bonds. The molecular weight excluding hydrogens is 836 g/mol. The van der Waals surface area contributed by atoms with Crippen molar-refractivity contribution < 1.29 is 123 Å². The van der Waals surface area contributed by atoms with Crippen LogP contribution in [0.25, 0.3) is 0 Å². The van der Waals surface area contributed by atoms with Gasteiger partial charge in [0, 0.05) is 0 Å². The van der Waals surface area contributed by atoms with E-state index >= 15 is 0 Å². The molecule has 31 heteroatoms. The summed E-state index contributed by atoms with van der Waals surface area (Å²) < 4.78 is 324. The van der Waals surface area contributed by atoms with E-state index < -0.39 is 78.6 Å². The Balaban J connectivity index is -0.000000688. The van der Waals surface area contributed by atoms with Crippen LogP contribution in [0.3, 0.4) is 0 Å². The molecule has 0 N–H and O–H groups in total. The summed E-state index contributed by atoms with van der Waals surface area (Å²) in [6.45, 7) is 0. The number of hydrogen-bond donors (Lipinski definition) is 0. The van der Waals surface area contributed by atoms with Crippen LogP contribution in [0.15, 0.2) is 0 Å². The van der Waals surface area contributed by atoms with Gasteiger partial charge in [0.2, 0.25) is 0 Å². The monoisotopic (exact) mass is 836 g/mol. The molecule has 0 aromatic heterocycles. The van der Waals surface area contributed by atoms with E-state index in [4.69, 9.17) is 0 Å². The minimum absolute atomic E-state index is 0. The minimum Gasteiger partial charge on any atom is -0.743 e. The number of alkyl halides is 22. The zero-order chi connectivity index (χ0) is 34.0. The predicted octanol–water partition coefficient (Wildman–Crippen LogP) is 4.80. The van der Waals surface area contributed by atoms with E-state index in [1.165, 1.54) is 0 Å². The van der Waals surface area contributed by atoms with Gasteiger partial charge in [-0.1, -0.05) is 0 Å². The van der Waals surface area contributed by atoms with Crippen molar-refractivity contribution in [2.45, 2.75) is 58.4 Å². The first-order valence-corrected chi connectivity index (χ1v) is 10.4. The zero-order valence-electron chi connectivity index (χ0n) is 17.3. The number of rotatable bonds is 8. The van der Waals surface area contributed by atoms with Crippen LogP contribution in [0.1, 0.15) is 0 Å². The summed E-state index contributed by atoms with van der Waals surface area (Å²) in [6.07, 6.45) is -14.8. The van der Waals surface area contributed by atoms with Crippen molar-refractivity contribution in [1.82, 2.24) is 0 Å². The minimum atomic E-state index is -7.90. The van der Waals surface area contributed by atoms with E-state index in [0.717, 1.165) is 0 Å². The van der Waals surface area contributed by atoms with Gasteiger partial charge in [0.05, 0.1) is 0 Å². The van der Waals surface area contributed by atoms with Crippen LogP contribution in [0.4, 0.5) is 96.6 Å². The third-order valence-electron chi connectivity index (χ3n) is 3.65. The van der Waals surface area contributed by atoms with Gasteiger partial charge in [0.15, 0.2) is 20.2 Å². The largest absolute Gasteiger partial charge is 2.00 e. The first kappa shape index (κ1) is 45.3. The summed E-state index contributed by atoms with van der Waals surface area (Å²) in [4.78, 5) is 0. The van der Waals surface area contributed by atoms with Crippen molar-refractivity contribution >= 4 is 69.1 Å². The molecule has 0 saturated heterocycles. The molecule has 0 aliphatic rings. The van der Waals surface area contributed by atoms with Crippen molar-refractivity contribution in [1.29, 1.82) is 0 Å². The van der Waals surface area contributed by atoms with Gasteiger partial charge in [0.25, 0.3) is 0 Å². The maximum absolute atomic E-state index is 12.4. The third kappa shape index (κ3) is 7.07. The van der Waals surface area contributed by atoms with Crippen LogP contribution >= 0.6 is 0 Å². The SMILES string of the molecule is O=S(=O)([O-])C(F)(F)C(F)(F)C(F)(F)C(F)(F)C(F)(F)F.O=S(=O)([O-])C(F)(F)C(F)(F)C(F)(F)C(F)(F)C(F)(F)F.[Ba+2]. The van der Waals surface area contributed by atoms with Crippen LogP contribution in [0.2, 0.25) is 0 Å². The van der Waals surface area contributed by atoms with Crippen molar-refractivity contribution in [3.8, 4) is 0 Å². The smallest absolute Gasteiger partial charge is 0.743 e. The van der Waals surface area contributed by atoms with Crippen molar-refractivity contribution in [2.24, 2.45) is 0 Å². The van der Waals surface area contributed by atoms with Gasteiger partial charge in [-0.3, -0.25) is 0 Å². The van der Waals surface area contributed by atoms with Gasteiger partial charge < -0.3 is 9.11 Å². The molecule has 0 rings (SSSR count). The van der Waals surface area contributed by atoms with Gasteiger partial charge in [-0.25, -0.2) is 16.8 Å². The first-order chi connectivity index (χ1) is 16.5. The van der Waals surface area contributed by atoms with E-state index in [-0.39, 0.29) is 48.9 Å². The maximum atomic E-state index is 12.4. The summed E-state index contributed by atoms with van der Waals surface area (Å²) in [5, 5.41) is -14.8. The second kappa shape index (κ2) is 11.7. The average molecular weight is 836 g/mol. The molecule has 0 spiro atoms. The molecule has 0 atom stereocenters. The van der Waals surface area contributed by atoms with E-state index in [9.17, 15) is 123 Å². The second-order valence-electron chi connectivity index (χ2n) is 6.38. The summed E-state index contributed by atoms with van der Waals surface area (Å²) in [7, 11) is -15.3.